The SMILES string of the molecule is CCOc1c(F)cccc1C(=O)NCC(=O)N[C@@H](CC(C)C)C(=O)O. The first-order valence-corrected chi connectivity index (χ1v) is 7.97. The highest BCUT2D eigenvalue weighted by Gasteiger charge is 2.22. The predicted molar refractivity (Wildman–Crippen MR) is 88.9 cm³/mol. The van der Waals surface area contributed by atoms with Gasteiger partial charge in [-0.2, -0.15) is 0 Å². The molecule has 0 aliphatic carbocycles. The van der Waals surface area contributed by atoms with Crippen molar-refractivity contribution in [1.29, 1.82) is 0 Å². The Kier molecular flexibility index (Phi) is 7.84. The number of para-hydroxylation sites is 1. The smallest absolute Gasteiger partial charge is 0.326 e. The van der Waals surface area contributed by atoms with E-state index in [9.17, 15) is 18.8 Å². The lowest BCUT2D eigenvalue weighted by atomic mass is 10.0. The molecule has 7 nitrogen and oxygen atoms in total. The minimum Gasteiger partial charge on any atom is -0.490 e. The highest BCUT2D eigenvalue weighted by atomic mass is 19.1. The number of hydrogen-bond donors (Lipinski definition) is 3. The fourth-order valence-corrected chi connectivity index (χ4v) is 2.17. The Hall–Kier alpha value is -2.64. The number of nitrogens with one attached hydrogen (secondary N) is 2. The standard InChI is InChI=1S/C17H23FN2O5/c1-4-25-15-11(6-5-7-12(15)18)16(22)19-9-14(21)20-13(17(23)24)8-10(2)3/h5-7,10,13H,4,8-9H2,1-3H3,(H,19,22)(H,20,21)(H,23,24)/t13-/m0/s1. The van der Waals surface area contributed by atoms with Crippen molar-refractivity contribution in [2.75, 3.05) is 13.2 Å². The van der Waals surface area contributed by atoms with E-state index < -0.39 is 36.2 Å². The number of amides is 2. The minimum absolute atomic E-state index is 0.0355. The van der Waals surface area contributed by atoms with E-state index in [0.29, 0.717) is 0 Å². The zero-order valence-corrected chi connectivity index (χ0v) is 14.5. The predicted octanol–water partition coefficient (Wildman–Crippen LogP) is 1.57. The summed E-state index contributed by atoms with van der Waals surface area (Å²) in [6.45, 7) is 5.08. The van der Waals surface area contributed by atoms with Crippen LogP contribution in [0.2, 0.25) is 0 Å². The molecule has 138 valence electrons. The molecular formula is C17H23FN2O5. The number of carboxylic acids is 1. The topological polar surface area (TPSA) is 105 Å². The second-order valence-corrected chi connectivity index (χ2v) is 5.82. The number of benzene rings is 1. The van der Waals surface area contributed by atoms with E-state index in [-0.39, 0.29) is 30.3 Å². The van der Waals surface area contributed by atoms with Crippen molar-refractivity contribution in [3.63, 3.8) is 0 Å². The van der Waals surface area contributed by atoms with Crippen LogP contribution in [0.15, 0.2) is 18.2 Å². The van der Waals surface area contributed by atoms with Gasteiger partial charge in [0.15, 0.2) is 11.6 Å². The fourth-order valence-electron chi connectivity index (χ4n) is 2.17. The van der Waals surface area contributed by atoms with E-state index in [0.717, 1.165) is 6.07 Å². The Balaban J connectivity index is 2.68. The molecule has 0 aliphatic rings. The average Bonchev–Trinajstić information content (AvgIpc) is 2.53. The minimum atomic E-state index is -1.14. The number of carbonyl (C=O) groups excluding carboxylic acids is 2. The normalized spacial score (nSPS) is 11.7. The van der Waals surface area contributed by atoms with E-state index in [1.54, 1.807) is 6.92 Å². The Morgan fingerprint density at radius 3 is 2.52 bits per heavy atom. The molecule has 1 aromatic carbocycles. The van der Waals surface area contributed by atoms with Gasteiger partial charge >= 0.3 is 5.97 Å². The molecule has 3 N–H and O–H groups in total. The Morgan fingerprint density at radius 1 is 1.28 bits per heavy atom. The van der Waals surface area contributed by atoms with Crippen molar-refractivity contribution >= 4 is 17.8 Å². The molecule has 0 bridgehead atoms. The molecule has 0 aromatic heterocycles. The van der Waals surface area contributed by atoms with E-state index in [2.05, 4.69) is 10.6 Å². The third-order valence-electron chi connectivity index (χ3n) is 3.25. The van der Waals surface area contributed by atoms with Crippen LogP contribution < -0.4 is 15.4 Å². The number of hydrogen-bond acceptors (Lipinski definition) is 4. The van der Waals surface area contributed by atoms with Crippen molar-refractivity contribution in [1.82, 2.24) is 10.6 Å². The van der Waals surface area contributed by atoms with Crippen molar-refractivity contribution in [3.8, 4) is 5.75 Å². The Labute approximate surface area is 145 Å². The van der Waals surface area contributed by atoms with Crippen molar-refractivity contribution in [2.45, 2.75) is 33.2 Å². The summed E-state index contributed by atoms with van der Waals surface area (Å²) in [7, 11) is 0. The summed E-state index contributed by atoms with van der Waals surface area (Å²) in [5, 5.41) is 13.8. The molecule has 0 aliphatic heterocycles. The van der Waals surface area contributed by atoms with Crippen LogP contribution >= 0.6 is 0 Å². The maximum Gasteiger partial charge on any atom is 0.326 e. The number of carbonyl (C=O) groups is 3. The van der Waals surface area contributed by atoms with Crippen LogP contribution in [0.25, 0.3) is 0 Å². The molecule has 0 saturated carbocycles. The van der Waals surface area contributed by atoms with E-state index in [4.69, 9.17) is 9.84 Å². The van der Waals surface area contributed by atoms with Gasteiger partial charge in [0.2, 0.25) is 5.91 Å². The summed E-state index contributed by atoms with van der Waals surface area (Å²) in [5.74, 6) is -3.26. The maximum absolute atomic E-state index is 13.7. The van der Waals surface area contributed by atoms with Gasteiger partial charge in [0, 0.05) is 0 Å². The van der Waals surface area contributed by atoms with E-state index in [1.807, 2.05) is 13.8 Å². The highest BCUT2D eigenvalue weighted by molar-refractivity contribution is 5.99. The van der Waals surface area contributed by atoms with Gasteiger partial charge in [-0.3, -0.25) is 9.59 Å². The molecule has 1 rings (SSSR count). The Bertz CT molecular complexity index is 633. The van der Waals surface area contributed by atoms with Gasteiger partial charge in [-0.05, 0) is 31.4 Å². The van der Waals surface area contributed by atoms with Crippen LogP contribution in [0.1, 0.15) is 37.6 Å². The molecule has 1 aromatic rings. The molecule has 0 spiro atoms. The third kappa shape index (κ3) is 6.40. The molecule has 2 amide bonds. The number of aliphatic carboxylic acids is 1. The molecule has 25 heavy (non-hydrogen) atoms. The van der Waals surface area contributed by atoms with Crippen LogP contribution in [-0.4, -0.2) is 42.1 Å². The van der Waals surface area contributed by atoms with Crippen LogP contribution in [0.5, 0.6) is 5.75 Å². The lowest BCUT2D eigenvalue weighted by molar-refractivity contribution is -0.142. The van der Waals surface area contributed by atoms with Crippen LogP contribution in [-0.2, 0) is 9.59 Å². The fraction of sp³-hybridized carbons (Fsp3) is 0.471. The van der Waals surface area contributed by atoms with Gasteiger partial charge in [0.1, 0.15) is 6.04 Å². The monoisotopic (exact) mass is 354 g/mol. The van der Waals surface area contributed by atoms with Gasteiger partial charge in [-0.1, -0.05) is 19.9 Å². The molecule has 8 heteroatoms. The summed E-state index contributed by atoms with van der Waals surface area (Å²) in [4.78, 5) is 35.1. The van der Waals surface area contributed by atoms with Crippen molar-refractivity contribution < 1.29 is 28.6 Å². The summed E-state index contributed by atoms with van der Waals surface area (Å²) in [6, 6.07) is 2.87. The molecule has 1 atom stereocenters. The number of rotatable bonds is 9. The van der Waals surface area contributed by atoms with E-state index in [1.165, 1.54) is 12.1 Å². The second-order valence-electron chi connectivity index (χ2n) is 5.82. The first-order valence-electron chi connectivity index (χ1n) is 7.97. The maximum atomic E-state index is 13.7. The highest BCUT2D eigenvalue weighted by Crippen LogP contribution is 2.22. The van der Waals surface area contributed by atoms with E-state index >= 15 is 0 Å². The Morgan fingerprint density at radius 2 is 1.96 bits per heavy atom. The average molecular weight is 354 g/mol. The van der Waals surface area contributed by atoms with Crippen molar-refractivity contribution in [3.05, 3.63) is 29.6 Å². The first kappa shape index (κ1) is 20.4. The molecule has 0 saturated heterocycles. The molecule has 0 fully saturated rings. The van der Waals surface area contributed by atoms with Gasteiger partial charge < -0.3 is 20.5 Å². The van der Waals surface area contributed by atoms with Gasteiger partial charge in [0.25, 0.3) is 5.91 Å². The first-order chi connectivity index (χ1) is 11.8. The van der Waals surface area contributed by atoms with Crippen LogP contribution in [0, 0.1) is 11.7 Å². The quantitative estimate of drug-likeness (QED) is 0.624. The van der Waals surface area contributed by atoms with Crippen LogP contribution in [0.3, 0.4) is 0 Å². The van der Waals surface area contributed by atoms with Gasteiger partial charge in [-0.25, -0.2) is 9.18 Å². The zero-order valence-electron chi connectivity index (χ0n) is 14.5. The molecular weight excluding hydrogens is 331 g/mol. The second kappa shape index (κ2) is 9.61. The third-order valence-corrected chi connectivity index (χ3v) is 3.25. The lowest BCUT2D eigenvalue weighted by Gasteiger charge is -2.17. The molecule has 0 radical (unpaired) electrons. The number of carboxylic acid groups (broad SMARTS) is 1. The number of ether oxygens (including phenoxy) is 1. The molecule has 0 unspecified atom stereocenters. The summed E-state index contributed by atoms with van der Waals surface area (Å²) < 4.78 is 18.9. The summed E-state index contributed by atoms with van der Waals surface area (Å²) in [5.41, 5.74) is -0.0355. The zero-order chi connectivity index (χ0) is 19.0. The largest absolute Gasteiger partial charge is 0.490 e. The van der Waals surface area contributed by atoms with Crippen LogP contribution in [0.4, 0.5) is 4.39 Å². The van der Waals surface area contributed by atoms with Gasteiger partial charge in [0.05, 0.1) is 18.7 Å². The summed E-state index contributed by atoms with van der Waals surface area (Å²) >= 11 is 0. The number of halogens is 1. The summed E-state index contributed by atoms with van der Waals surface area (Å²) in [6.07, 6.45) is 0.271. The molecule has 0 heterocycles. The van der Waals surface area contributed by atoms with Gasteiger partial charge in [-0.15, -0.1) is 0 Å². The lowest BCUT2D eigenvalue weighted by Crippen LogP contribution is -2.46. The van der Waals surface area contributed by atoms with Crippen molar-refractivity contribution in [2.24, 2.45) is 5.92 Å².